The number of carbonyl (C=O) groups excluding carboxylic acids is 1. The maximum Gasteiger partial charge on any atom is 0.275 e. The number of benzene rings is 2. The fraction of sp³-hybridized carbons (Fsp3) is 0.111. The monoisotopic (exact) mass is 387 g/mol. The van der Waals surface area contributed by atoms with Gasteiger partial charge in [0.05, 0.1) is 4.90 Å². The molecule has 0 aliphatic rings. The van der Waals surface area contributed by atoms with Crippen molar-refractivity contribution in [1.82, 2.24) is 4.72 Å². The van der Waals surface area contributed by atoms with E-state index in [1.807, 2.05) is 24.3 Å². The summed E-state index contributed by atoms with van der Waals surface area (Å²) in [6.07, 6.45) is 1.68. The van der Waals surface area contributed by atoms with E-state index in [4.69, 9.17) is 11.5 Å². The van der Waals surface area contributed by atoms with Crippen molar-refractivity contribution in [2.24, 2.45) is 16.5 Å². The van der Waals surface area contributed by atoms with Gasteiger partial charge in [-0.25, -0.2) is 13.1 Å². The first-order valence-electron chi connectivity index (χ1n) is 7.94. The van der Waals surface area contributed by atoms with Gasteiger partial charge < -0.3 is 16.8 Å². The Balaban J connectivity index is 2.10. The van der Waals surface area contributed by atoms with Crippen molar-refractivity contribution in [2.45, 2.75) is 11.8 Å². The first-order chi connectivity index (χ1) is 12.7. The molecule has 0 saturated heterocycles. The minimum absolute atomic E-state index is 0.192. The zero-order valence-electron chi connectivity index (χ0n) is 14.9. The van der Waals surface area contributed by atoms with Gasteiger partial charge in [0.25, 0.3) is 5.91 Å². The summed E-state index contributed by atoms with van der Waals surface area (Å²) < 4.78 is 25.7. The van der Waals surface area contributed by atoms with Crippen LogP contribution >= 0.6 is 0 Å². The quantitative estimate of drug-likeness (QED) is 0.337. The van der Waals surface area contributed by atoms with E-state index in [9.17, 15) is 13.2 Å². The maximum absolute atomic E-state index is 11.7. The minimum Gasteiger partial charge on any atom is -0.370 e. The molecular weight excluding hydrogens is 366 g/mol. The SMILES string of the molecule is CNS(=O)(=O)c1ccc(Nc2ccc(C=C(C)C(=O)N=C(N)N)cc2)cc1. The van der Waals surface area contributed by atoms with Crippen molar-refractivity contribution < 1.29 is 13.2 Å². The third-order valence-corrected chi connectivity index (χ3v) is 5.01. The molecule has 0 aromatic heterocycles. The van der Waals surface area contributed by atoms with Gasteiger partial charge in [0, 0.05) is 16.9 Å². The smallest absolute Gasteiger partial charge is 0.275 e. The molecule has 0 radical (unpaired) electrons. The zero-order chi connectivity index (χ0) is 20.0. The Morgan fingerprint density at radius 2 is 1.52 bits per heavy atom. The molecule has 8 nitrogen and oxygen atoms in total. The Hall–Kier alpha value is -3.17. The Labute approximate surface area is 158 Å². The van der Waals surface area contributed by atoms with Gasteiger partial charge in [-0.1, -0.05) is 12.1 Å². The van der Waals surface area contributed by atoms with Crippen LogP contribution in [-0.4, -0.2) is 27.3 Å². The first kappa shape index (κ1) is 20.1. The molecule has 0 heterocycles. The summed E-state index contributed by atoms with van der Waals surface area (Å²) in [5.41, 5.74) is 13.2. The molecule has 27 heavy (non-hydrogen) atoms. The molecule has 2 aromatic carbocycles. The summed E-state index contributed by atoms with van der Waals surface area (Å²) in [5, 5.41) is 3.17. The highest BCUT2D eigenvalue weighted by molar-refractivity contribution is 7.89. The summed E-state index contributed by atoms with van der Waals surface area (Å²) in [5.74, 6) is -0.769. The van der Waals surface area contributed by atoms with Crippen LogP contribution in [0.1, 0.15) is 12.5 Å². The van der Waals surface area contributed by atoms with E-state index >= 15 is 0 Å². The van der Waals surface area contributed by atoms with Crippen LogP contribution in [0.3, 0.4) is 0 Å². The number of guanidine groups is 1. The molecule has 6 N–H and O–H groups in total. The zero-order valence-corrected chi connectivity index (χ0v) is 15.7. The number of nitrogens with one attached hydrogen (secondary N) is 2. The third kappa shape index (κ3) is 5.66. The lowest BCUT2D eigenvalue weighted by molar-refractivity contribution is -0.114. The van der Waals surface area contributed by atoms with E-state index in [2.05, 4.69) is 15.0 Å². The average Bonchev–Trinajstić information content (AvgIpc) is 2.63. The summed E-state index contributed by atoms with van der Waals surface area (Å²) in [6, 6.07) is 13.7. The molecule has 0 spiro atoms. The van der Waals surface area contributed by atoms with Crippen LogP contribution in [0.5, 0.6) is 0 Å². The molecule has 2 aromatic rings. The molecule has 0 aliphatic carbocycles. The Kier molecular flexibility index (Phi) is 6.32. The second-order valence-electron chi connectivity index (χ2n) is 5.65. The largest absolute Gasteiger partial charge is 0.370 e. The van der Waals surface area contributed by atoms with Gasteiger partial charge in [-0.2, -0.15) is 4.99 Å². The average molecular weight is 387 g/mol. The van der Waals surface area contributed by atoms with Crippen molar-refractivity contribution in [3.05, 3.63) is 59.7 Å². The van der Waals surface area contributed by atoms with Gasteiger partial charge in [0.2, 0.25) is 10.0 Å². The van der Waals surface area contributed by atoms with E-state index in [1.165, 1.54) is 19.2 Å². The lowest BCUT2D eigenvalue weighted by Crippen LogP contribution is -2.24. The van der Waals surface area contributed by atoms with Gasteiger partial charge in [-0.3, -0.25) is 4.79 Å². The summed E-state index contributed by atoms with van der Waals surface area (Å²) in [6.45, 7) is 1.63. The number of nitrogens with zero attached hydrogens (tertiary/aromatic N) is 1. The number of hydrogen-bond acceptors (Lipinski definition) is 4. The van der Waals surface area contributed by atoms with Crippen LogP contribution in [-0.2, 0) is 14.8 Å². The molecule has 0 atom stereocenters. The Bertz CT molecular complexity index is 975. The summed E-state index contributed by atoms with van der Waals surface area (Å²) >= 11 is 0. The van der Waals surface area contributed by atoms with E-state index in [1.54, 1.807) is 25.1 Å². The number of rotatable bonds is 6. The highest BCUT2D eigenvalue weighted by Gasteiger charge is 2.10. The molecule has 2 rings (SSSR count). The van der Waals surface area contributed by atoms with E-state index in [0.717, 1.165) is 16.9 Å². The number of amides is 1. The van der Waals surface area contributed by atoms with Gasteiger partial charge in [0.15, 0.2) is 5.96 Å². The molecule has 1 amide bonds. The summed E-state index contributed by atoms with van der Waals surface area (Å²) in [7, 11) is -2.09. The maximum atomic E-state index is 11.7. The number of hydrogen-bond donors (Lipinski definition) is 4. The Morgan fingerprint density at radius 1 is 1.00 bits per heavy atom. The van der Waals surface area contributed by atoms with Gasteiger partial charge in [0.1, 0.15) is 0 Å². The van der Waals surface area contributed by atoms with Crippen LogP contribution in [0.4, 0.5) is 11.4 Å². The number of nitrogens with two attached hydrogens (primary N) is 2. The molecular formula is C18H21N5O3S. The first-order valence-corrected chi connectivity index (χ1v) is 9.42. The molecule has 0 saturated carbocycles. The Morgan fingerprint density at radius 3 is 2.00 bits per heavy atom. The fourth-order valence-electron chi connectivity index (χ4n) is 2.18. The second kappa shape index (κ2) is 8.47. The van der Waals surface area contributed by atoms with Crippen LogP contribution in [0, 0.1) is 0 Å². The van der Waals surface area contributed by atoms with E-state index < -0.39 is 15.9 Å². The van der Waals surface area contributed by atoms with Crippen LogP contribution < -0.4 is 21.5 Å². The lowest BCUT2D eigenvalue weighted by atomic mass is 10.1. The van der Waals surface area contributed by atoms with Crippen molar-refractivity contribution in [3.63, 3.8) is 0 Å². The molecule has 0 unspecified atom stereocenters. The third-order valence-electron chi connectivity index (χ3n) is 3.58. The minimum atomic E-state index is -3.46. The van der Waals surface area contributed by atoms with Crippen molar-refractivity contribution in [3.8, 4) is 0 Å². The van der Waals surface area contributed by atoms with Crippen molar-refractivity contribution >= 4 is 39.3 Å². The van der Waals surface area contributed by atoms with E-state index in [-0.39, 0.29) is 10.9 Å². The molecule has 0 fully saturated rings. The van der Waals surface area contributed by atoms with Crippen molar-refractivity contribution in [2.75, 3.05) is 12.4 Å². The number of aliphatic imine (C=N–C) groups is 1. The van der Waals surface area contributed by atoms with Gasteiger partial charge in [-0.05, 0) is 62.0 Å². The number of carbonyl (C=O) groups is 1. The lowest BCUT2D eigenvalue weighted by Gasteiger charge is -2.08. The van der Waals surface area contributed by atoms with Gasteiger partial charge >= 0.3 is 0 Å². The number of anilines is 2. The van der Waals surface area contributed by atoms with Crippen LogP contribution in [0.15, 0.2) is 64.0 Å². The van der Waals surface area contributed by atoms with Crippen LogP contribution in [0.25, 0.3) is 6.08 Å². The predicted octanol–water partition coefficient (Wildman–Crippen LogP) is 1.54. The normalized spacial score (nSPS) is 11.7. The predicted molar refractivity (Wildman–Crippen MR) is 107 cm³/mol. The molecule has 9 heteroatoms. The number of sulfonamides is 1. The molecule has 0 bridgehead atoms. The van der Waals surface area contributed by atoms with Crippen molar-refractivity contribution in [1.29, 1.82) is 0 Å². The van der Waals surface area contributed by atoms with Gasteiger partial charge in [-0.15, -0.1) is 0 Å². The standard InChI is InChI=1S/C18H21N5O3S/c1-12(17(24)23-18(19)20)11-13-3-5-14(6-4-13)22-15-7-9-16(10-8-15)27(25,26)21-2/h3-11,21-22H,1-2H3,(H4,19,20,23,24). The second-order valence-corrected chi connectivity index (χ2v) is 7.53. The highest BCUT2D eigenvalue weighted by atomic mass is 32.2. The fourth-order valence-corrected chi connectivity index (χ4v) is 2.91. The highest BCUT2D eigenvalue weighted by Crippen LogP contribution is 2.20. The molecule has 0 aliphatic heterocycles. The molecule has 142 valence electrons. The summed E-state index contributed by atoms with van der Waals surface area (Å²) in [4.78, 5) is 15.4. The van der Waals surface area contributed by atoms with E-state index in [0.29, 0.717) is 5.57 Å². The topological polar surface area (TPSA) is 140 Å². The van der Waals surface area contributed by atoms with Crippen LogP contribution in [0.2, 0.25) is 0 Å².